The second-order valence-corrected chi connectivity index (χ2v) is 4.22. The Balaban J connectivity index is 2.08. The zero-order valence-corrected chi connectivity index (χ0v) is 9.58. The highest BCUT2D eigenvalue weighted by atomic mass is 79.9. The highest BCUT2D eigenvalue weighted by Crippen LogP contribution is 2.17. The van der Waals surface area contributed by atoms with Gasteiger partial charge < -0.3 is 5.32 Å². The van der Waals surface area contributed by atoms with Gasteiger partial charge in [0.2, 0.25) is 0 Å². The number of aromatic nitrogens is 2. The summed E-state index contributed by atoms with van der Waals surface area (Å²) in [7, 11) is 0. The molecule has 3 nitrogen and oxygen atoms in total. The van der Waals surface area contributed by atoms with E-state index in [0.717, 1.165) is 29.1 Å². The van der Waals surface area contributed by atoms with E-state index in [0.29, 0.717) is 6.04 Å². The lowest BCUT2D eigenvalue weighted by molar-refractivity contribution is 0.777. The van der Waals surface area contributed by atoms with Gasteiger partial charge in [0.1, 0.15) is 16.2 Å². The van der Waals surface area contributed by atoms with Crippen LogP contribution in [0.1, 0.15) is 18.7 Å². The average Bonchev–Trinajstić information content (AvgIpc) is 2.54. The van der Waals surface area contributed by atoms with Crippen LogP contribution >= 0.6 is 15.9 Å². The van der Waals surface area contributed by atoms with Crippen LogP contribution in [0.25, 0.3) is 0 Å². The summed E-state index contributed by atoms with van der Waals surface area (Å²) < 4.78 is 0.832. The Morgan fingerprint density at radius 1 is 1.36 bits per heavy atom. The van der Waals surface area contributed by atoms with Crippen LogP contribution in [0.15, 0.2) is 22.8 Å². The molecule has 14 heavy (non-hydrogen) atoms. The van der Waals surface area contributed by atoms with Gasteiger partial charge in [-0.05, 0) is 35.7 Å². The second-order valence-electron chi connectivity index (χ2n) is 3.41. The molecule has 0 amide bonds. The van der Waals surface area contributed by atoms with Crippen molar-refractivity contribution < 1.29 is 0 Å². The number of hydrogen-bond donors (Lipinski definition) is 1. The van der Waals surface area contributed by atoms with Gasteiger partial charge in [0.25, 0.3) is 0 Å². The zero-order chi connectivity index (χ0) is 9.97. The summed E-state index contributed by atoms with van der Waals surface area (Å²) in [4.78, 5) is 8.48. The molecule has 0 spiro atoms. The minimum atomic E-state index is 0.496. The molecule has 1 aromatic heterocycles. The van der Waals surface area contributed by atoms with Crippen LogP contribution in [0.4, 0.5) is 5.82 Å². The molecule has 2 rings (SSSR count). The smallest absolute Gasteiger partial charge is 0.131 e. The number of anilines is 1. The number of aryl methyl sites for hydroxylation is 1. The molecular weight excluding hydrogens is 242 g/mol. The molecule has 0 unspecified atom stereocenters. The molecule has 0 saturated heterocycles. The zero-order valence-electron chi connectivity index (χ0n) is 8.00. The first kappa shape index (κ1) is 9.65. The van der Waals surface area contributed by atoms with Crippen molar-refractivity contribution in [2.24, 2.45) is 0 Å². The van der Waals surface area contributed by atoms with Gasteiger partial charge in [-0.25, -0.2) is 9.97 Å². The molecule has 4 heteroatoms. The number of hydrogen-bond acceptors (Lipinski definition) is 3. The van der Waals surface area contributed by atoms with Crippen molar-refractivity contribution in [3.63, 3.8) is 0 Å². The maximum absolute atomic E-state index is 4.32. The summed E-state index contributed by atoms with van der Waals surface area (Å²) in [6.07, 6.45) is 6.56. The minimum Gasteiger partial charge on any atom is -0.367 e. The van der Waals surface area contributed by atoms with Gasteiger partial charge >= 0.3 is 0 Å². The Morgan fingerprint density at radius 2 is 2.07 bits per heavy atom. The fraction of sp³-hybridized carbons (Fsp3) is 0.400. The first-order chi connectivity index (χ1) is 6.74. The van der Waals surface area contributed by atoms with Crippen LogP contribution < -0.4 is 5.32 Å². The van der Waals surface area contributed by atoms with Crippen molar-refractivity contribution in [2.75, 3.05) is 5.32 Å². The van der Waals surface area contributed by atoms with Crippen molar-refractivity contribution >= 4 is 21.7 Å². The molecular formula is C10H12BrN3. The van der Waals surface area contributed by atoms with Gasteiger partial charge in [-0.15, -0.1) is 0 Å². The van der Waals surface area contributed by atoms with Gasteiger partial charge in [0.15, 0.2) is 0 Å². The maximum Gasteiger partial charge on any atom is 0.131 e. The third-order valence-electron chi connectivity index (χ3n) is 2.17. The quantitative estimate of drug-likeness (QED) is 0.651. The van der Waals surface area contributed by atoms with Gasteiger partial charge in [-0.1, -0.05) is 12.2 Å². The van der Waals surface area contributed by atoms with Crippen molar-refractivity contribution in [3.8, 4) is 0 Å². The SMILES string of the molecule is Cc1nc(Br)cc(NC2CC=CC2)n1. The van der Waals surface area contributed by atoms with E-state index in [1.807, 2.05) is 13.0 Å². The van der Waals surface area contributed by atoms with Crippen molar-refractivity contribution in [3.05, 3.63) is 28.6 Å². The molecule has 0 bridgehead atoms. The first-order valence-corrected chi connectivity index (χ1v) is 5.46. The first-order valence-electron chi connectivity index (χ1n) is 4.67. The largest absolute Gasteiger partial charge is 0.367 e. The minimum absolute atomic E-state index is 0.496. The van der Waals surface area contributed by atoms with E-state index < -0.39 is 0 Å². The standard InChI is InChI=1S/C10H12BrN3/c1-7-12-9(11)6-10(13-7)14-8-4-2-3-5-8/h2-3,6,8H,4-5H2,1H3,(H,12,13,14). The van der Waals surface area contributed by atoms with Crippen LogP contribution in [-0.2, 0) is 0 Å². The molecule has 1 aliphatic rings. The monoisotopic (exact) mass is 253 g/mol. The van der Waals surface area contributed by atoms with Crippen LogP contribution in [0, 0.1) is 6.92 Å². The molecule has 0 aliphatic heterocycles. The van der Waals surface area contributed by atoms with E-state index in [2.05, 4.69) is 43.4 Å². The summed E-state index contributed by atoms with van der Waals surface area (Å²) in [6.45, 7) is 1.89. The predicted molar refractivity (Wildman–Crippen MR) is 60.3 cm³/mol. The lowest BCUT2D eigenvalue weighted by atomic mass is 10.2. The Bertz CT molecular complexity index is 334. The number of rotatable bonds is 2. The highest BCUT2D eigenvalue weighted by Gasteiger charge is 2.10. The van der Waals surface area contributed by atoms with Gasteiger partial charge in [-0.2, -0.15) is 0 Å². The number of halogens is 1. The third kappa shape index (κ3) is 2.32. The Kier molecular flexibility index (Phi) is 2.82. The van der Waals surface area contributed by atoms with E-state index in [9.17, 15) is 0 Å². The second kappa shape index (κ2) is 4.09. The number of nitrogens with zero attached hydrogens (tertiary/aromatic N) is 2. The van der Waals surface area contributed by atoms with E-state index in [1.165, 1.54) is 0 Å². The van der Waals surface area contributed by atoms with Gasteiger partial charge in [-0.3, -0.25) is 0 Å². The predicted octanol–water partition coefficient (Wildman–Crippen LogP) is 2.68. The lowest BCUT2D eigenvalue weighted by Crippen LogP contribution is -2.16. The normalized spacial score (nSPS) is 16.1. The van der Waals surface area contributed by atoms with E-state index in [4.69, 9.17) is 0 Å². The third-order valence-corrected chi connectivity index (χ3v) is 2.57. The summed E-state index contributed by atoms with van der Waals surface area (Å²) in [5, 5.41) is 3.38. The maximum atomic E-state index is 4.32. The molecule has 0 saturated carbocycles. The molecule has 1 aromatic rings. The lowest BCUT2D eigenvalue weighted by Gasteiger charge is -2.12. The summed E-state index contributed by atoms with van der Waals surface area (Å²) in [5.41, 5.74) is 0. The fourth-order valence-electron chi connectivity index (χ4n) is 1.55. The van der Waals surface area contributed by atoms with Gasteiger partial charge in [0, 0.05) is 12.1 Å². The molecule has 1 N–H and O–H groups in total. The Labute approximate surface area is 91.8 Å². The van der Waals surface area contributed by atoms with E-state index in [-0.39, 0.29) is 0 Å². The summed E-state index contributed by atoms with van der Waals surface area (Å²) in [5.74, 6) is 1.69. The number of nitrogens with one attached hydrogen (secondary N) is 1. The topological polar surface area (TPSA) is 37.8 Å². The molecule has 0 fully saturated rings. The summed E-state index contributed by atoms with van der Waals surface area (Å²) >= 11 is 3.36. The molecule has 74 valence electrons. The van der Waals surface area contributed by atoms with Crippen LogP contribution in [0.2, 0.25) is 0 Å². The van der Waals surface area contributed by atoms with Crippen molar-refractivity contribution in [1.82, 2.24) is 9.97 Å². The fourth-order valence-corrected chi connectivity index (χ4v) is 2.02. The molecule has 1 aliphatic carbocycles. The average molecular weight is 254 g/mol. The van der Waals surface area contributed by atoms with E-state index in [1.54, 1.807) is 0 Å². The van der Waals surface area contributed by atoms with Crippen molar-refractivity contribution in [2.45, 2.75) is 25.8 Å². The van der Waals surface area contributed by atoms with Crippen LogP contribution in [0.3, 0.4) is 0 Å². The molecule has 1 heterocycles. The molecule has 0 atom stereocenters. The highest BCUT2D eigenvalue weighted by molar-refractivity contribution is 9.10. The molecule has 0 aromatic carbocycles. The molecule has 0 radical (unpaired) electrons. The summed E-state index contributed by atoms with van der Waals surface area (Å²) in [6, 6.07) is 2.40. The van der Waals surface area contributed by atoms with Crippen LogP contribution in [-0.4, -0.2) is 16.0 Å². The van der Waals surface area contributed by atoms with Crippen LogP contribution in [0.5, 0.6) is 0 Å². The Hall–Kier alpha value is -0.900. The van der Waals surface area contributed by atoms with Crippen molar-refractivity contribution in [1.29, 1.82) is 0 Å². The van der Waals surface area contributed by atoms with Gasteiger partial charge in [0.05, 0.1) is 0 Å². The van der Waals surface area contributed by atoms with E-state index >= 15 is 0 Å². The Morgan fingerprint density at radius 3 is 2.71 bits per heavy atom.